The van der Waals surface area contributed by atoms with Gasteiger partial charge in [-0.3, -0.25) is 9.59 Å². The summed E-state index contributed by atoms with van der Waals surface area (Å²) in [7, 11) is 2.64. The van der Waals surface area contributed by atoms with E-state index in [4.69, 9.17) is 34.2 Å². The van der Waals surface area contributed by atoms with Gasteiger partial charge in [0.15, 0.2) is 34.6 Å². The molecule has 5 rings (SSSR count). The van der Waals surface area contributed by atoms with Gasteiger partial charge in [0.05, 0.1) is 38.6 Å². The number of ether oxygens (including phenoxy) is 6. The fourth-order valence-corrected chi connectivity index (χ4v) is 6.63. The summed E-state index contributed by atoms with van der Waals surface area (Å²) in [6, 6.07) is 26.1. The molecule has 0 saturated heterocycles. The van der Waals surface area contributed by atoms with Crippen molar-refractivity contribution in [1.29, 1.82) is 0 Å². The highest BCUT2D eigenvalue weighted by molar-refractivity contribution is 6.02. The average molecular weight is 994 g/mol. The number of methoxy groups -OCH3 is 2. The molecule has 0 aromatic heterocycles. The monoisotopic (exact) mass is 993 g/mol. The van der Waals surface area contributed by atoms with Crippen LogP contribution in [0.1, 0.15) is 69.5 Å². The van der Waals surface area contributed by atoms with E-state index in [2.05, 4.69) is 0 Å². The Kier molecular flexibility index (Phi) is 18.9. The summed E-state index contributed by atoms with van der Waals surface area (Å²) in [5.74, 6) is -2.54. The molecule has 376 valence electrons. The Morgan fingerprint density at radius 2 is 1.04 bits per heavy atom. The molecule has 0 saturated carbocycles. The van der Waals surface area contributed by atoms with E-state index < -0.39 is 66.8 Å². The molecule has 71 heavy (non-hydrogen) atoms. The predicted molar refractivity (Wildman–Crippen MR) is 249 cm³/mol. The number of alkyl halides is 6. The third-order valence-corrected chi connectivity index (χ3v) is 10.4. The van der Waals surface area contributed by atoms with Gasteiger partial charge >= 0.3 is 24.3 Å². The van der Waals surface area contributed by atoms with Gasteiger partial charge in [-0.15, -0.1) is 0 Å². The van der Waals surface area contributed by atoms with Crippen molar-refractivity contribution in [3.8, 4) is 34.5 Å². The number of halogens is 6. The zero-order chi connectivity index (χ0) is 51.8. The molecule has 0 amide bonds. The number of carbonyl (C=O) groups is 4. The Morgan fingerprint density at radius 3 is 1.46 bits per heavy atom. The number of esters is 2. The van der Waals surface area contributed by atoms with E-state index in [-0.39, 0.29) is 78.1 Å². The lowest BCUT2D eigenvalue weighted by Crippen LogP contribution is -2.44. The summed E-state index contributed by atoms with van der Waals surface area (Å²) in [4.78, 5) is 52.9. The molecule has 0 radical (unpaired) electrons. The van der Waals surface area contributed by atoms with E-state index in [1.54, 1.807) is 24.3 Å². The molecule has 4 N–H and O–H groups in total. The van der Waals surface area contributed by atoms with Crippen LogP contribution in [-0.2, 0) is 16.0 Å². The molecule has 0 spiro atoms. The summed E-state index contributed by atoms with van der Waals surface area (Å²) >= 11 is 0. The standard InChI is InChI=1S/C52H49F6NO12/c1-66-45-29-33(8-22-43(45)70-48(63)36-11-17-39(18-12-36)68-27-3-25-51(53,54)55)7-21-41(60)42(61)32-50(65,31-35-5-15-38(59)16-6-35)47(62)24-10-34-9-23-44(46(30-34)67-2)71-49(64)37-13-19-40(20-14-37)69-28-4-26-52(56,57)58/h5-24,29-30,42,61,65H,3-4,25-28,31-32,59H2,1-2H3/b21-7+,24-10+. The number of carbonyl (C=O) groups excluding carboxylic acids is 4. The number of hydrogen-bond acceptors (Lipinski definition) is 13. The summed E-state index contributed by atoms with van der Waals surface area (Å²) < 4.78 is 107. The van der Waals surface area contributed by atoms with Gasteiger partial charge in [-0.25, -0.2) is 9.59 Å². The second-order valence-electron chi connectivity index (χ2n) is 15.9. The lowest BCUT2D eigenvalue weighted by atomic mass is 9.83. The number of nitrogens with two attached hydrogens (primary N) is 1. The van der Waals surface area contributed by atoms with Crippen molar-refractivity contribution in [2.24, 2.45) is 0 Å². The molecule has 5 aromatic rings. The summed E-state index contributed by atoms with van der Waals surface area (Å²) in [5.41, 5.74) is 5.36. The lowest BCUT2D eigenvalue weighted by Gasteiger charge is -2.27. The van der Waals surface area contributed by atoms with Crippen LogP contribution in [0.3, 0.4) is 0 Å². The maximum Gasteiger partial charge on any atom is 0.389 e. The molecule has 0 bridgehead atoms. The van der Waals surface area contributed by atoms with Crippen molar-refractivity contribution in [3.63, 3.8) is 0 Å². The Morgan fingerprint density at radius 1 is 0.606 bits per heavy atom. The highest BCUT2D eigenvalue weighted by atomic mass is 19.4. The van der Waals surface area contributed by atoms with Crippen LogP contribution < -0.4 is 34.2 Å². The summed E-state index contributed by atoms with van der Waals surface area (Å²) in [5, 5.41) is 23.0. The van der Waals surface area contributed by atoms with Crippen LogP contribution in [0.2, 0.25) is 0 Å². The number of nitrogen functional groups attached to an aromatic ring is 1. The number of benzene rings is 5. The van der Waals surface area contributed by atoms with Gasteiger partial charge < -0.3 is 44.4 Å². The van der Waals surface area contributed by atoms with E-state index in [1.807, 2.05) is 0 Å². The van der Waals surface area contributed by atoms with Crippen LogP contribution in [-0.4, -0.2) is 85.2 Å². The van der Waals surface area contributed by atoms with Gasteiger partial charge in [-0.2, -0.15) is 26.3 Å². The average Bonchev–Trinajstić information content (AvgIpc) is 3.33. The van der Waals surface area contributed by atoms with E-state index in [0.29, 0.717) is 22.4 Å². The highest BCUT2D eigenvalue weighted by Gasteiger charge is 2.38. The van der Waals surface area contributed by atoms with Crippen LogP contribution in [0, 0.1) is 0 Å². The van der Waals surface area contributed by atoms with Gasteiger partial charge in [0.2, 0.25) is 0 Å². The topological polar surface area (TPSA) is 190 Å². The molecule has 13 nitrogen and oxygen atoms in total. The van der Waals surface area contributed by atoms with Gasteiger partial charge in [-0.05, 0) is 127 Å². The molecule has 0 fully saturated rings. The summed E-state index contributed by atoms with van der Waals surface area (Å²) in [6.45, 7) is -0.333. The minimum atomic E-state index is -4.29. The fraction of sp³-hybridized carbons (Fsp3) is 0.269. The Balaban J connectivity index is 1.22. The van der Waals surface area contributed by atoms with Crippen LogP contribution in [0.15, 0.2) is 121 Å². The van der Waals surface area contributed by atoms with E-state index in [9.17, 15) is 55.7 Å². The third-order valence-electron chi connectivity index (χ3n) is 10.4. The number of hydrogen-bond donors (Lipinski definition) is 3. The van der Waals surface area contributed by atoms with Crippen molar-refractivity contribution in [2.45, 2.75) is 62.6 Å². The molecule has 0 aliphatic heterocycles. The van der Waals surface area contributed by atoms with Gasteiger partial charge in [-0.1, -0.05) is 36.4 Å². The molecular weight excluding hydrogens is 945 g/mol. The van der Waals surface area contributed by atoms with Crippen molar-refractivity contribution in [2.75, 3.05) is 33.2 Å². The first-order valence-corrected chi connectivity index (χ1v) is 21.7. The molecule has 0 heterocycles. The first-order chi connectivity index (χ1) is 33.6. The van der Waals surface area contributed by atoms with E-state index >= 15 is 0 Å². The number of ketones is 2. The van der Waals surface area contributed by atoms with Gasteiger partial charge in [0.1, 0.15) is 23.2 Å². The third kappa shape index (κ3) is 17.4. The second kappa shape index (κ2) is 24.8. The van der Waals surface area contributed by atoms with E-state index in [1.165, 1.54) is 111 Å². The van der Waals surface area contributed by atoms with E-state index in [0.717, 1.165) is 12.2 Å². The molecule has 19 heteroatoms. The fourth-order valence-electron chi connectivity index (χ4n) is 6.63. The minimum Gasteiger partial charge on any atom is -0.494 e. The summed E-state index contributed by atoms with van der Waals surface area (Å²) in [6.07, 6.45) is -9.15. The maximum absolute atomic E-state index is 13.8. The minimum absolute atomic E-state index is 0.0121. The second-order valence-corrected chi connectivity index (χ2v) is 15.9. The Labute approximate surface area is 404 Å². The van der Waals surface area contributed by atoms with Gasteiger partial charge in [0.25, 0.3) is 0 Å². The van der Waals surface area contributed by atoms with Crippen LogP contribution in [0.25, 0.3) is 12.2 Å². The molecule has 2 atom stereocenters. The first kappa shape index (κ1) is 54.3. The molecule has 0 aliphatic rings. The van der Waals surface area contributed by atoms with Crippen LogP contribution in [0.5, 0.6) is 34.5 Å². The predicted octanol–water partition coefficient (Wildman–Crippen LogP) is 9.76. The van der Waals surface area contributed by atoms with Crippen LogP contribution >= 0.6 is 0 Å². The Bertz CT molecular complexity index is 2670. The molecule has 2 unspecified atom stereocenters. The highest BCUT2D eigenvalue weighted by Crippen LogP contribution is 2.32. The lowest BCUT2D eigenvalue weighted by molar-refractivity contribution is -0.138. The number of aliphatic hydroxyl groups is 2. The van der Waals surface area contributed by atoms with Gasteiger partial charge in [0, 0.05) is 31.4 Å². The molecular formula is C52H49F6NO12. The maximum atomic E-state index is 13.8. The van der Waals surface area contributed by atoms with Crippen molar-refractivity contribution in [3.05, 3.63) is 149 Å². The normalized spacial score (nSPS) is 13.0. The van der Waals surface area contributed by atoms with Crippen molar-refractivity contribution < 1.29 is 84.2 Å². The van der Waals surface area contributed by atoms with Crippen LogP contribution in [0.4, 0.5) is 32.0 Å². The number of rotatable bonds is 24. The Hall–Kier alpha value is -7.64. The zero-order valence-corrected chi connectivity index (χ0v) is 38.3. The first-order valence-electron chi connectivity index (χ1n) is 21.7. The van der Waals surface area contributed by atoms with Crippen molar-refractivity contribution >= 4 is 41.3 Å². The van der Waals surface area contributed by atoms with Crippen molar-refractivity contribution in [1.82, 2.24) is 0 Å². The molecule has 0 aliphatic carbocycles. The zero-order valence-electron chi connectivity index (χ0n) is 38.3. The molecule has 5 aromatic carbocycles. The number of aliphatic hydroxyl groups excluding tert-OH is 1. The SMILES string of the molecule is COc1cc(/C=C/C(=O)C(O)CC(O)(Cc2ccc(N)cc2)C(=O)/C=C/c2ccc(OC(=O)c3ccc(OCCCC(F)(F)F)cc3)c(OC)c2)ccc1OC(=O)c1ccc(OCCCC(F)(F)F)cc1. The number of anilines is 1. The quantitative estimate of drug-likeness (QED) is 0.0132. The smallest absolute Gasteiger partial charge is 0.389 e. The largest absolute Gasteiger partial charge is 0.494 e.